The summed E-state index contributed by atoms with van der Waals surface area (Å²) in [6, 6.07) is 13.0. The van der Waals surface area contributed by atoms with Crippen molar-refractivity contribution in [2.45, 2.75) is 46.1 Å². The Bertz CT molecular complexity index is 1400. The monoisotopic (exact) mass is 413 g/mol. The van der Waals surface area contributed by atoms with E-state index >= 15 is 0 Å². The van der Waals surface area contributed by atoms with Crippen molar-refractivity contribution in [1.82, 2.24) is 4.98 Å². The van der Waals surface area contributed by atoms with Crippen molar-refractivity contribution in [3.8, 4) is 0 Å². The summed E-state index contributed by atoms with van der Waals surface area (Å²) in [5, 5.41) is 1.61. The van der Waals surface area contributed by atoms with Crippen LogP contribution in [-0.4, -0.2) is 11.0 Å². The number of carbonyl (C=O) groups excluding carboxylic acids is 1. The Hall–Kier alpha value is -3.47. The highest BCUT2D eigenvalue weighted by Crippen LogP contribution is 2.29. The number of esters is 1. The summed E-state index contributed by atoms with van der Waals surface area (Å²) in [5.74, 6) is -0.409. The summed E-state index contributed by atoms with van der Waals surface area (Å²) in [6.07, 6.45) is 3.86. The predicted octanol–water partition coefficient (Wildman–Crippen LogP) is 5.06. The van der Waals surface area contributed by atoms with E-state index in [9.17, 15) is 9.59 Å². The van der Waals surface area contributed by atoms with Crippen LogP contribution in [0.15, 0.2) is 51.7 Å². The van der Waals surface area contributed by atoms with Gasteiger partial charge in [0.05, 0.1) is 11.1 Å². The van der Waals surface area contributed by atoms with Gasteiger partial charge in [-0.1, -0.05) is 25.1 Å². The lowest BCUT2D eigenvalue weighted by molar-refractivity contribution is 0.0475. The molecule has 5 heteroatoms. The summed E-state index contributed by atoms with van der Waals surface area (Å²) in [5.41, 5.74) is 6.32. The van der Waals surface area contributed by atoms with E-state index < -0.39 is 11.6 Å². The normalized spacial score (nSPS) is 13.0. The fraction of sp³-hybridized carbons (Fsp3) is 0.269. The quantitative estimate of drug-likeness (QED) is 0.346. The molecule has 156 valence electrons. The number of aryl methyl sites for hydroxylation is 3. The van der Waals surface area contributed by atoms with E-state index in [2.05, 4.69) is 11.1 Å². The standard InChI is InChI=1S/C26H23NO4/c1-3-21-15(2)25(19-9-4-5-10-22(19)27-21)26(29)30-14-18-13-24(28)31-23-12-17-8-6-7-16(17)11-20(18)23/h4-5,9-13H,3,6-8,14H2,1-2H3. The molecule has 5 nitrogen and oxygen atoms in total. The van der Waals surface area contributed by atoms with Gasteiger partial charge in [0.2, 0.25) is 0 Å². The molecule has 31 heavy (non-hydrogen) atoms. The van der Waals surface area contributed by atoms with Gasteiger partial charge in [-0.2, -0.15) is 0 Å². The predicted molar refractivity (Wildman–Crippen MR) is 119 cm³/mol. The fourth-order valence-electron chi connectivity index (χ4n) is 4.59. The summed E-state index contributed by atoms with van der Waals surface area (Å²) in [6.45, 7) is 3.94. The number of para-hydroxylation sites is 1. The Kier molecular flexibility index (Phi) is 4.81. The van der Waals surface area contributed by atoms with E-state index in [0.29, 0.717) is 16.7 Å². The van der Waals surface area contributed by atoms with Gasteiger partial charge in [0.1, 0.15) is 12.2 Å². The highest BCUT2D eigenvalue weighted by Gasteiger charge is 2.20. The van der Waals surface area contributed by atoms with Gasteiger partial charge in [0, 0.05) is 28.1 Å². The van der Waals surface area contributed by atoms with Gasteiger partial charge >= 0.3 is 11.6 Å². The minimum atomic E-state index is -0.435. The molecule has 0 spiro atoms. The first kappa shape index (κ1) is 19.5. The number of nitrogens with zero attached hydrogens (tertiary/aromatic N) is 1. The van der Waals surface area contributed by atoms with Crippen LogP contribution in [-0.2, 0) is 30.6 Å². The maximum Gasteiger partial charge on any atom is 0.339 e. The first-order valence-electron chi connectivity index (χ1n) is 10.7. The van der Waals surface area contributed by atoms with E-state index in [-0.39, 0.29) is 6.61 Å². The molecule has 0 fully saturated rings. The van der Waals surface area contributed by atoms with Gasteiger partial charge in [-0.3, -0.25) is 4.98 Å². The number of rotatable bonds is 4. The van der Waals surface area contributed by atoms with E-state index in [1.807, 2.05) is 44.2 Å². The second-order valence-corrected chi connectivity index (χ2v) is 8.07. The number of carbonyl (C=O) groups is 1. The fourth-order valence-corrected chi connectivity index (χ4v) is 4.59. The van der Waals surface area contributed by atoms with Crippen LogP contribution in [0.4, 0.5) is 0 Å². The highest BCUT2D eigenvalue weighted by molar-refractivity contribution is 6.05. The third kappa shape index (κ3) is 3.40. The second kappa shape index (κ2) is 7.65. The van der Waals surface area contributed by atoms with Crippen LogP contribution in [0, 0.1) is 6.92 Å². The topological polar surface area (TPSA) is 69.4 Å². The molecule has 2 heterocycles. The Morgan fingerprint density at radius 1 is 1.10 bits per heavy atom. The number of pyridine rings is 1. The number of aromatic nitrogens is 1. The average Bonchev–Trinajstić information content (AvgIpc) is 3.22. The molecule has 0 saturated heterocycles. The van der Waals surface area contributed by atoms with Crippen LogP contribution in [0.5, 0.6) is 0 Å². The van der Waals surface area contributed by atoms with Gasteiger partial charge in [-0.25, -0.2) is 9.59 Å². The third-order valence-corrected chi connectivity index (χ3v) is 6.18. The Labute approximate surface area is 179 Å². The molecule has 1 aliphatic rings. The SMILES string of the molecule is CCc1nc2ccccc2c(C(=O)OCc2cc(=O)oc3cc4c(cc23)CCC4)c1C. The van der Waals surface area contributed by atoms with E-state index in [0.717, 1.165) is 53.2 Å². The van der Waals surface area contributed by atoms with Crippen molar-refractivity contribution in [3.05, 3.63) is 86.4 Å². The molecule has 2 aromatic heterocycles. The van der Waals surface area contributed by atoms with Gasteiger partial charge in [-0.15, -0.1) is 0 Å². The number of hydrogen-bond acceptors (Lipinski definition) is 5. The molecule has 0 saturated carbocycles. The van der Waals surface area contributed by atoms with Crippen molar-refractivity contribution >= 4 is 27.8 Å². The molecular formula is C26H23NO4. The van der Waals surface area contributed by atoms with Gasteiger partial charge < -0.3 is 9.15 Å². The minimum absolute atomic E-state index is 0.0112. The molecule has 0 amide bonds. The van der Waals surface area contributed by atoms with Crippen LogP contribution in [0.3, 0.4) is 0 Å². The zero-order valence-corrected chi connectivity index (χ0v) is 17.7. The molecule has 0 atom stereocenters. The molecule has 0 bridgehead atoms. The van der Waals surface area contributed by atoms with Crippen LogP contribution < -0.4 is 5.63 Å². The van der Waals surface area contributed by atoms with Crippen molar-refractivity contribution in [3.63, 3.8) is 0 Å². The summed E-state index contributed by atoms with van der Waals surface area (Å²) in [4.78, 5) is 30.0. The van der Waals surface area contributed by atoms with Crippen LogP contribution >= 0.6 is 0 Å². The lowest BCUT2D eigenvalue weighted by atomic mass is 10.0. The molecule has 0 radical (unpaired) electrons. The minimum Gasteiger partial charge on any atom is -0.457 e. The number of benzene rings is 2. The molecule has 4 aromatic rings. The molecule has 0 N–H and O–H groups in total. The van der Waals surface area contributed by atoms with E-state index in [4.69, 9.17) is 9.15 Å². The largest absolute Gasteiger partial charge is 0.457 e. The Balaban J connectivity index is 1.53. The van der Waals surface area contributed by atoms with Gasteiger partial charge in [0.15, 0.2) is 0 Å². The smallest absolute Gasteiger partial charge is 0.339 e. The zero-order valence-electron chi connectivity index (χ0n) is 17.7. The molecule has 0 unspecified atom stereocenters. The maximum absolute atomic E-state index is 13.2. The van der Waals surface area contributed by atoms with E-state index in [1.54, 1.807) is 0 Å². The van der Waals surface area contributed by atoms with Crippen molar-refractivity contribution in [2.24, 2.45) is 0 Å². The summed E-state index contributed by atoms with van der Waals surface area (Å²) in [7, 11) is 0. The first-order chi connectivity index (χ1) is 15.0. The molecule has 2 aromatic carbocycles. The molecule has 1 aliphatic carbocycles. The average molecular weight is 413 g/mol. The summed E-state index contributed by atoms with van der Waals surface area (Å²) >= 11 is 0. The lowest BCUT2D eigenvalue weighted by Crippen LogP contribution is -2.12. The van der Waals surface area contributed by atoms with Crippen LogP contribution in [0.2, 0.25) is 0 Å². The Morgan fingerprint density at radius 3 is 2.68 bits per heavy atom. The maximum atomic E-state index is 13.2. The molecular weight excluding hydrogens is 390 g/mol. The lowest BCUT2D eigenvalue weighted by Gasteiger charge is -2.14. The zero-order chi connectivity index (χ0) is 21.5. The first-order valence-corrected chi connectivity index (χ1v) is 10.7. The third-order valence-electron chi connectivity index (χ3n) is 6.18. The number of ether oxygens (including phenoxy) is 1. The second-order valence-electron chi connectivity index (χ2n) is 8.07. The number of fused-ring (bicyclic) bond motifs is 3. The van der Waals surface area contributed by atoms with Gasteiger partial charge in [-0.05, 0) is 67.5 Å². The van der Waals surface area contributed by atoms with Crippen molar-refractivity contribution < 1.29 is 13.9 Å². The van der Waals surface area contributed by atoms with Crippen LogP contribution in [0.1, 0.15) is 51.7 Å². The van der Waals surface area contributed by atoms with Gasteiger partial charge in [0.25, 0.3) is 0 Å². The molecule has 0 aliphatic heterocycles. The molecule has 5 rings (SSSR count). The number of hydrogen-bond donors (Lipinski definition) is 0. The van der Waals surface area contributed by atoms with Crippen molar-refractivity contribution in [1.29, 1.82) is 0 Å². The summed E-state index contributed by atoms with van der Waals surface area (Å²) < 4.78 is 11.2. The van der Waals surface area contributed by atoms with E-state index in [1.165, 1.54) is 17.2 Å². The Morgan fingerprint density at radius 2 is 1.87 bits per heavy atom. The highest BCUT2D eigenvalue weighted by atomic mass is 16.5. The van der Waals surface area contributed by atoms with Crippen molar-refractivity contribution in [2.75, 3.05) is 0 Å². The van der Waals surface area contributed by atoms with Crippen LogP contribution in [0.25, 0.3) is 21.9 Å².